The van der Waals surface area contributed by atoms with Crippen molar-refractivity contribution in [1.29, 1.82) is 0 Å². The Balaban J connectivity index is 2.00. The Morgan fingerprint density at radius 2 is 2.08 bits per heavy atom. The van der Waals surface area contributed by atoms with Crippen LogP contribution >= 0.6 is 0 Å². The van der Waals surface area contributed by atoms with E-state index in [4.69, 9.17) is 14.0 Å². The van der Waals surface area contributed by atoms with Gasteiger partial charge in [-0.15, -0.1) is 0 Å². The number of aromatic nitrogens is 1. The Bertz CT molecular complexity index is 948. The zero-order chi connectivity index (χ0) is 19.1. The van der Waals surface area contributed by atoms with Crippen molar-refractivity contribution in [2.75, 3.05) is 13.8 Å². The Morgan fingerprint density at radius 1 is 1.35 bits per heavy atom. The van der Waals surface area contributed by atoms with Crippen molar-refractivity contribution >= 4 is 15.7 Å². The molecule has 3 rings (SSSR count). The van der Waals surface area contributed by atoms with E-state index in [0.717, 1.165) is 4.31 Å². The van der Waals surface area contributed by atoms with Crippen molar-refractivity contribution in [2.45, 2.75) is 31.9 Å². The minimum Gasteiger partial charge on any atom is -0.467 e. The molecule has 1 aromatic heterocycles. The second-order valence-corrected chi connectivity index (χ2v) is 7.86. The number of nitrogens with zero attached hydrogens (tertiary/aromatic N) is 3. The first kappa shape index (κ1) is 18.3. The van der Waals surface area contributed by atoms with E-state index in [1.807, 2.05) is 0 Å². The molecule has 1 aliphatic heterocycles. The summed E-state index contributed by atoms with van der Waals surface area (Å²) in [5, 5.41) is 14.8. The van der Waals surface area contributed by atoms with Crippen LogP contribution < -0.4 is 4.74 Å². The van der Waals surface area contributed by atoms with Crippen molar-refractivity contribution in [2.24, 2.45) is 0 Å². The van der Waals surface area contributed by atoms with Gasteiger partial charge in [0.1, 0.15) is 16.3 Å². The van der Waals surface area contributed by atoms with Crippen LogP contribution in [0.5, 0.6) is 5.75 Å². The number of nitro groups is 1. The van der Waals surface area contributed by atoms with Gasteiger partial charge in [-0.3, -0.25) is 10.1 Å². The summed E-state index contributed by atoms with van der Waals surface area (Å²) in [6, 6.07) is 2.67. The second kappa shape index (κ2) is 6.67. The molecule has 0 aliphatic carbocycles. The van der Waals surface area contributed by atoms with Crippen molar-refractivity contribution in [1.82, 2.24) is 9.46 Å². The number of rotatable bonds is 5. The van der Waals surface area contributed by atoms with Gasteiger partial charge in [-0.2, -0.15) is 4.31 Å². The standard InChI is InChI=1S/C15H17N3O7S/c1-9-15(10(2)25-16-9)26(21,22)17(3)6-11-4-13(18(19)20)5-12-7-23-8-24-14(11)12/h4-5H,6-8H2,1-3H3. The van der Waals surface area contributed by atoms with Crippen LogP contribution in [0, 0.1) is 24.0 Å². The molecule has 0 unspecified atom stereocenters. The summed E-state index contributed by atoms with van der Waals surface area (Å²) < 4.78 is 42.3. The van der Waals surface area contributed by atoms with E-state index in [1.165, 1.54) is 33.0 Å². The quantitative estimate of drug-likeness (QED) is 0.566. The molecule has 1 aliphatic rings. The SMILES string of the molecule is Cc1noc(C)c1S(=O)(=O)N(C)Cc1cc([N+](=O)[O-])cc2c1OCOC2. The van der Waals surface area contributed by atoms with Gasteiger partial charge in [0.15, 0.2) is 12.6 Å². The molecule has 0 saturated heterocycles. The number of aryl methyl sites for hydroxylation is 2. The molecule has 0 N–H and O–H groups in total. The Kier molecular flexibility index (Phi) is 4.69. The average molecular weight is 383 g/mol. The Hall–Kier alpha value is -2.50. The molecule has 2 aromatic rings. The summed E-state index contributed by atoms with van der Waals surface area (Å²) in [6.45, 7) is 3.09. The molecule has 140 valence electrons. The van der Waals surface area contributed by atoms with Gasteiger partial charge in [-0.05, 0) is 13.8 Å². The van der Waals surface area contributed by atoms with Gasteiger partial charge in [0.2, 0.25) is 10.0 Å². The molecule has 0 saturated carbocycles. The third-order valence-corrected chi connectivity index (χ3v) is 6.06. The second-order valence-electron chi connectivity index (χ2n) is 5.88. The molecular weight excluding hydrogens is 366 g/mol. The molecule has 0 radical (unpaired) electrons. The lowest BCUT2D eigenvalue weighted by Crippen LogP contribution is -2.28. The van der Waals surface area contributed by atoms with Crippen molar-refractivity contribution in [3.05, 3.63) is 44.8 Å². The number of nitro benzene ring substituents is 1. The first-order chi connectivity index (χ1) is 12.2. The zero-order valence-electron chi connectivity index (χ0n) is 14.4. The number of sulfonamides is 1. The van der Waals surface area contributed by atoms with Crippen LogP contribution in [0.15, 0.2) is 21.6 Å². The summed E-state index contributed by atoms with van der Waals surface area (Å²) in [4.78, 5) is 10.6. The zero-order valence-corrected chi connectivity index (χ0v) is 15.2. The smallest absolute Gasteiger partial charge is 0.270 e. The monoisotopic (exact) mass is 383 g/mol. The number of non-ortho nitro benzene ring substituents is 1. The fourth-order valence-corrected chi connectivity index (χ4v) is 4.26. The Labute approximate surface area is 149 Å². The van der Waals surface area contributed by atoms with Crippen LogP contribution in [0.1, 0.15) is 22.6 Å². The fourth-order valence-electron chi connectivity index (χ4n) is 2.83. The number of ether oxygens (including phenoxy) is 2. The highest BCUT2D eigenvalue weighted by atomic mass is 32.2. The van der Waals surface area contributed by atoms with E-state index in [0.29, 0.717) is 16.9 Å². The maximum Gasteiger partial charge on any atom is 0.270 e. The summed E-state index contributed by atoms with van der Waals surface area (Å²) in [5.74, 6) is 0.586. The molecule has 0 spiro atoms. The molecular formula is C15H17N3O7S. The van der Waals surface area contributed by atoms with Crippen molar-refractivity contribution in [3.63, 3.8) is 0 Å². The van der Waals surface area contributed by atoms with E-state index >= 15 is 0 Å². The molecule has 26 heavy (non-hydrogen) atoms. The maximum atomic E-state index is 12.9. The van der Waals surface area contributed by atoms with Crippen LogP contribution in [0.3, 0.4) is 0 Å². The van der Waals surface area contributed by atoms with Gasteiger partial charge < -0.3 is 14.0 Å². The van der Waals surface area contributed by atoms with Gasteiger partial charge in [0.25, 0.3) is 5.69 Å². The third-order valence-electron chi connectivity index (χ3n) is 4.01. The molecule has 1 aromatic carbocycles. The lowest BCUT2D eigenvalue weighted by atomic mass is 10.1. The van der Waals surface area contributed by atoms with E-state index in [1.54, 1.807) is 0 Å². The van der Waals surface area contributed by atoms with Crippen molar-refractivity contribution in [3.8, 4) is 5.75 Å². The van der Waals surface area contributed by atoms with E-state index in [-0.39, 0.29) is 42.0 Å². The minimum atomic E-state index is -3.89. The van der Waals surface area contributed by atoms with Crippen LogP contribution in [-0.4, -0.2) is 36.6 Å². The summed E-state index contributed by atoms with van der Waals surface area (Å²) >= 11 is 0. The first-order valence-corrected chi connectivity index (χ1v) is 9.05. The van der Waals surface area contributed by atoms with E-state index in [2.05, 4.69) is 5.16 Å². The average Bonchev–Trinajstić information content (AvgIpc) is 2.93. The van der Waals surface area contributed by atoms with Gasteiger partial charge in [-0.1, -0.05) is 5.16 Å². The lowest BCUT2D eigenvalue weighted by molar-refractivity contribution is -0.385. The molecule has 0 fully saturated rings. The minimum absolute atomic E-state index is 0.00184. The number of hydrogen-bond donors (Lipinski definition) is 0. The predicted molar refractivity (Wildman–Crippen MR) is 88.0 cm³/mol. The van der Waals surface area contributed by atoms with E-state index in [9.17, 15) is 18.5 Å². The third kappa shape index (κ3) is 3.16. The maximum absolute atomic E-state index is 12.9. The molecule has 0 bridgehead atoms. The first-order valence-electron chi connectivity index (χ1n) is 7.61. The van der Waals surface area contributed by atoms with Crippen LogP contribution in [0.4, 0.5) is 5.69 Å². The van der Waals surface area contributed by atoms with Gasteiger partial charge in [0.05, 0.1) is 11.5 Å². The predicted octanol–water partition coefficient (Wildman–Crippen LogP) is 1.89. The number of fused-ring (bicyclic) bond motifs is 1. The van der Waals surface area contributed by atoms with Crippen LogP contribution in [0.25, 0.3) is 0 Å². The van der Waals surface area contributed by atoms with Gasteiger partial charge in [0, 0.05) is 36.9 Å². The molecule has 10 nitrogen and oxygen atoms in total. The highest BCUT2D eigenvalue weighted by molar-refractivity contribution is 7.89. The molecule has 11 heteroatoms. The van der Waals surface area contributed by atoms with Gasteiger partial charge >= 0.3 is 0 Å². The molecule has 2 heterocycles. The normalized spacial score (nSPS) is 14.2. The largest absolute Gasteiger partial charge is 0.467 e. The van der Waals surface area contributed by atoms with Crippen LogP contribution in [-0.2, 0) is 27.9 Å². The summed E-state index contributed by atoms with van der Waals surface area (Å²) in [5.41, 5.74) is 0.981. The Morgan fingerprint density at radius 3 is 2.69 bits per heavy atom. The van der Waals surface area contributed by atoms with Crippen molar-refractivity contribution < 1.29 is 27.3 Å². The number of hydrogen-bond acceptors (Lipinski definition) is 8. The lowest BCUT2D eigenvalue weighted by Gasteiger charge is -2.23. The number of benzene rings is 1. The fraction of sp³-hybridized carbons (Fsp3) is 0.400. The van der Waals surface area contributed by atoms with E-state index < -0.39 is 14.9 Å². The highest BCUT2D eigenvalue weighted by Gasteiger charge is 2.30. The highest BCUT2D eigenvalue weighted by Crippen LogP contribution is 2.34. The van der Waals surface area contributed by atoms with Gasteiger partial charge in [-0.25, -0.2) is 8.42 Å². The molecule has 0 amide bonds. The summed E-state index contributed by atoms with van der Waals surface area (Å²) in [7, 11) is -2.51. The topological polar surface area (TPSA) is 125 Å². The molecule has 0 atom stereocenters. The summed E-state index contributed by atoms with van der Waals surface area (Å²) in [6.07, 6.45) is 0. The van der Waals surface area contributed by atoms with Crippen LogP contribution in [0.2, 0.25) is 0 Å².